The molecule has 0 aliphatic heterocycles. The fourth-order valence-electron chi connectivity index (χ4n) is 0.581. The number of nitrogens with one attached hydrogen (secondary N) is 1. The van der Waals surface area contributed by atoms with Crippen molar-refractivity contribution in [3.8, 4) is 0 Å². The standard InChI is InChI=1S/C7H7NS2/c9-6-8-10-7-4-2-1-3-5-7/h1-6H,(H,8,9). The Labute approximate surface area is 70.0 Å². The van der Waals surface area contributed by atoms with Crippen LogP contribution in [0.3, 0.4) is 0 Å². The molecule has 0 atom stereocenters. The summed E-state index contributed by atoms with van der Waals surface area (Å²) < 4.78 is 2.87. The van der Waals surface area contributed by atoms with E-state index in [2.05, 4.69) is 16.9 Å². The van der Waals surface area contributed by atoms with E-state index in [0.717, 1.165) is 0 Å². The van der Waals surface area contributed by atoms with Crippen LogP contribution >= 0.6 is 24.2 Å². The van der Waals surface area contributed by atoms with E-state index in [1.165, 1.54) is 22.3 Å². The van der Waals surface area contributed by atoms with Crippen molar-refractivity contribution in [2.24, 2.45) is 0 Å². The zero-order valence-electron chi connectivity index (χ0n) is 5.28. The second-order valence-corrected chi connectivity index (χ2v) is 2.80. The fourth-order valence-corrected chi connectivity index (χ4v) is 1.20. The van der Waals surface area contributed by atoms with Gasteiger partial charge in [0.15, 0.2) is 0 Å². The van der Waals surface area contributed by atoms with Crippen LogP contribution in [0.2, 0.25) is 0 Å². The van der Waals surface area contributed by atoms with Crippen LogP contribution in [0.4, 0.5) is 0 Å². The van der Waals surface area contributed by atoms with Crippen LogP contribution in [0.5, 0.6) is 0 Å². The zero-order chi connectivity index (χ0) is 7.23. The highest BCUT2D eigenvalue weighted by Gasteiger charge is 1.85. The quantitative estimate of drug-likeness (QED) is 0.550. The molecule has 10 heavy (non-hydrogen) atoms. The van der Waals surface area contributed by atoms with Crippen molar-refractivity contribution >= 4 is 29.7 Å². The molecule has 52 valence electrons. The normalized spacial score (nSPS) is 8.80. The number of hydrogen-bond acceptors (Lipinski definition) is 2. The van der Waals surface area contributed by atoms with Gasteiger partial charge in [-0.1, -0.05) is 30.4 Å². The first-order chi connectivity index (χ1) is 4.93. The first-order valence-electron chi connectivity index (χ1n) is 2.84. The van der Waals surface area contributed by atoms with E-state index in [1.54, 1.807) is 0 Å². The van der Waals surface area contributed by atoms with Crippen molar-refractivity contribution < 1.29 is 0 Å². The van der Waals surface area contributed by atoms with Crippen LogP contribution in [0.1, 0.15) is 0 Å². The van der Waals surface area contributed by atoms with Gasteiger partial charge in [0.2, 0.25) is 0 Å². The van der Waals surface area contributed by atoms with Gasteiger partial charge in [-0.3, -0.25) is 0 Å². The van der Waals surface area contributed by atoms with Crippen LogP contribution < -0.4 is 4.72 Å². The molecule has 0 aromatic heterocycles. The van der Waals surface area contributed by atoms with E-state index in [4.69, 9.17) is 0 Å². The lowest BCUT2D eigenvalue weighted by Crippen LogP contribution is -1.94. The molecule has 0 unspecified atom stereocenters. The summed E-state index contributed by atoms with van der Waals surface area (Å²) in [4.78, 5) is 1.17. The Balaban J connectivity index is 2.50. The molecule has 0 radical (unpaired) electrons. The van der Waals surface area contributed by atoms with Gasteiger partial charge in [0.25, 0.3) is 0 Å². The molecule has 1 nitrogen and oxygen atoms in total. The maximum atomic E-state index is 4.59. The van der Waals surface area contributed by atoms with E-state index < -0.39 is 0 Å². The van der Waals surface area contributed by atoms with Gasteiger partial charge in [0.1, 0.15) is 0 Å². The minimum atomic E-state index is 1.17. The smallest absolute Gasteiger partial charge is 0.0716 e. The molecule has 0 heterocycles. The molecular formula is C7H7NS2. The molecular weight excluding hydrogens is 162 g/mol. The average Bonchev–Trinajstić information content (AvgIpc) is 2.03. The Morgan fingerprint density at radius 3 is 2.60 bits per heavy atom. The van der Waals surface area contributed by atoms with Crippen molar-refractivity contribution in [1.82, 2.24) is 4.72 Å². The van der Waals surface area contributed by atoms with Crippen molar-refractivity contribution in [2.75, 3.05) is 0 Å². The lowest BCUT2D eigenvalue weighted by Gasteiger charge is -1.96. The van der Waals surface area contributed by atoms with Crippen LogP contribution in [-0.4, -0.2) is 5.49 Å². The Morgan fingerprint density at radius 2 is 2.00 bits per heavy atom. The Kier molecular flexibility index (Phi) is 3.26. The van der Waals surface area contributed by atoms with E-state index >= 15 is 0 Å². The first-order valence-corrected chi connectivity index (χ1v) is 4.13. The van der Waals surface area contributed by atoms with Gasteiger partial charge in [-0.15, -0.1) is 0 Å². The highest BCUT2D eigenvalue weighted by molar-refractivity contribution is 7.98. The molecule has 0 aliphatic carbocycles. The third-order valence-electron chi connectivity index (χ3n) is 0.968. The largest absolute Gasteiger partial charge is 0.323 e. The summed E-state index contributed by atoms with van der Waals surface area (Å²) in [7, 11) is 0. The van der Waals surface area contributed by atoms with Crippen LogP contribution in [-0.2, 0) is 0 Å². The molecule has 0 saturated carbocycles. The van der Waals surface area contributed by atoms with E-state index in [1.807, 2.05) is 30.3 Å². The molecule has 1 rings (SSSR count). The van der Waals surface area contributed by atoms with Crippen molar-refractivity contribution in [3.05, 3.63) is 30.3 Å². The van der Waals surface area contributed by atoms with E-state index in [9.17, 15) is 0 Å². The Morgan fingerprint density at radius 1 is 1.30 bits per heavy atom. The lowest BCUT2D eigenvalue weighted by atomic mass is 10.4. The topological polar surface area (TPSA) is 12.0 Å². The number of hydrogen-bond donors (Lipinski definition) is 1. The number of benzene rings is 1. The van der Waals surface area contributed by atoms with Gasteiger partial charge in [0.05, 0.1) is 5.49 Å². The summed E-state index contributed by atoms with van der Waals surface area (Å²) in [5.41, 5.74) is 1.50. The molecule has 0 saturated heterocycles. The van der Waals surface area contributed by atoms with Crippen LogP contribution in [0.15, 0.2) is 35.2 Å². The predicted octanol–water partition coefficient (Wildman–Crippen LogP) is 2.24. The van der Waals surface area contributed by atoms with Crippen molar-refractivity contribution in [2.45, 2.75) is 4.90 Å². The summed E-state index contributed by atoms with van der Waals surface area (Å²) in [6, 6.07) is 10.0. The van der Waals surface area contributed by atoms with Crippen LogP contribution in [0, 0.1) is 0 Å². The second kappa shape index (κ2) is 4.30. The third-order valence-corrected chi connectivity index (χ3v) is 1.98. The van der Waals surface area contributed by atoms with Gasteiger partial charge >= 0.3 is 0 Å². The second-order valence-electron chi connectivity index (χ2n) is 1.65. The number of rotatable bonds is 3. The van der Waals surface area contributed by atoms with E-state index in [0.29, 0.717) is 0 Å². The van der Waals surface area contributed by atoms with Gasteiger partial charge in [-0.2, -0.15) is 0 Å². The Hall–Kier alpha value is -0.540. The highest BCUT2D eigenvalue weighted by atomic mass is 32.2. The van der Waals surface area contributed by atoms with Gasteiger partial charge < -0.3 is 4.72 Å². The van der Waals surface area contributed by atoms with Crippen LogP contribution in [0.25, 0.3) is 0 Å². The van der Waals surface area contributed by atoms with Crippen molar-refractivity contribution in [3.63, 3.8) is 0 Å². The van der Waals surface area contributed by atoms with Gasteiger partial charge in [0, 0.05) is 4.90 Å². The fraction of sp³-hybridized carbons (Fsp3) is 0. The molecule has 0 amide bonds. The third kappa shape index (κ3) is 2.37. The summed E-state index contributed by atoms with van der Waals surface area (Å²) >= 11 is 6.10. The molecule has 1 aromatic rings. The lowest BCUT2D eigenvalue weighted by molar-refractivity contribution is 1.44. The maximum Gasteiger partial charge on any atom is 0.0716 e. The SMILES string of the molecule is S=CNSc1ccccc1. The molecule has 0 spiro atoms. The molecule has 1 N–H and O–H groups in total. The van der Waals surface area contributed by atoms with Gasteiger partial charge in [-0.25, -0.2) is 0 Å². The zero-order valence-corrected chi connectivity index (χ0v) is 6.91. The first kappa shape index (κ1) is 7.57. The monoisotopic (exact) mass is 169 g/mol. The summed E-state index contributed by atoms with van der Waals surface area (Å²) in [6.07, 6.45) is 0. The molecule has 0 fully saturated rings. The average molecular weight is 169 g/mol. The summed E-state index contributed by atoms with van der Waals surface area (Å²) in [6.45, 7) is 0. The van der Waals surface area contributed by atoms with Gasteiger partial charge in [-0.05, 0) is 24.1 Å². The maximum absolute atomic E-state index is 4.59. The molecule has 1 aromatic carbocycles. The summed E-state index contributed by atoms with van der Waals surface area (Å²) in [5.74, 6) is 0. The Bertz CT molecular complexity index is 198. The molecule has 0 aliphatic rings. The number of thiocarbonyl (C=S) groups is 1. The molecule has 0 bridgehead atoms. The molecule has 3 heteroatoms. The highest BCUT2D eigenvalue weighted by Crippen LogP contribution is 2.11. The summed E-state index contributed by atoms with van der Waals surface area (Å²) in [5, 5.41) is 0. The van der Waals surface area contributed by atoms with E-state index in [-0.39, 0.29) is 0 Å². The minimum absolute atomic E-state index is 1.17. The van der Waals surface area contributed by atoms with Crippen molar-refractivity contribution in [1.29, 1.82) is 0 Å². The predicted molar refractivity (Wildman–Crippen MR) is 49.1 cm³/mol. The minimum Gasteiger partial charge on any atom is -0.323 e.